The zero-order chi connectivity index (χ0) is 15.3. The van der Waals surface area contributed by atoms with Gasteiger partial charge in [0.15, 0.2) is 0 Å². The molecule has 3 nitrogen and oxygen atoms in total. The van der Waals surface area contributed by atoms with Crippen molar-refractivity contribution >= 4 is 46.6 Å². The number of hydrogen-bond donors (Lipinski definition) is 0. The Bertz CT molecular complexity index is 565. The van der Waals surface area contributed by atoms with Crippen LogP contribution in [0.3, 0.4) is 0 Å². The van der Waals surface area contributed by atoms with Gasteiger partial charge in [-0.2, -0.15) is 0 Å². The lowest BCUT2D eigenvalue weighted by Gasteiger charge is -2.09. The summed E-state index contributed by atoms with van der Waals surface area (Å²) < 4.78 is 4.86. The van der Waals surface area contributed by atoms with E-state index >= 15 is 0 Å². The first-order valence-electron chi connectivity index (χ1n) is 5.99. The Morgan fingerprint density at radius 3 is 2.35 bits per heavy atom. The monoisotopic (exact) mass is 334 g/mol. The van der Waals surface area contributed by atoms with Crippen LogP contribution < -0.4 is 0 Å². The van der Waals surface area contributed by atoms with E-state index in [1.807, 2.05) is 6.92 Å². The molecule has 0 spiro atoms. The van der Waals surface area contributed by atoms with E-state index in [0.29, 0.717) is 6.42 Å². The van der Waals surface area contributed by atoms with Crippen molar-refractivity contribution in [3.63, 3.8) is 0 Å². The third-order valence-electron chi connectivity index (χ3n) is 2.43. The molecular weight excluding hydrogens is 323 g/mol. The lowest BCUT2D eigenvalue weighted by Crippen LogP contribution is -2.16. The fourth-order valence-electron chi connectivity index (χ4n) is 1.53. The molecule has 0 fully saturated rings. The van der Waals surface area contributed by atoms with E-state index in [-0.39, 0.29) is 32.8 Å². The maximum absolute atomic E-state index is 12.4. The van der Waals surface area contributed by atoms with Crippen molar-refractivity contribution in [3.05, 3.63) is 44.4 Å². The van der Waals surface area contributed by atoms with Gasteiger partial charge in [0.1, 0.15) is 5.57 Å². The van der Waals surface area contributed by atoms with Gasteiger partial charge in [-0.25, -0.2) is 4.79 Å². The van der Waals surface area contributed by atoms with Crippen LogP contribution in [-0.2, 0) is 9.53 Å². The predicted molar refractivity (Wildman–Crippen MR) is 80.8 cm³/mol. The average molecular weight is 336 g/mol. The topological polar surface area (TPSA) is 43.4 Å². The van der Waals surface area contributed by atoms with Crippen LogP contribution in [0, 0.1) is 0 Å². The zero-order valence-corrected chi connectivity index (χ0v) is 13.3. The Morgan fingerprint density at radius 2 is 1.80 bits per heavy atom. The van der Waals surface area contributed by atoms with E-state index in [2.05, 4.69) is 0 Å². The van der Waals surface area contributed by atoms with Crippen LogP contribution >= 0.6 is 34.8 Å². The summed E-state index contributed by atoms with van der Waals surface area (Å²) in [5.41, 5.74) is 0.0588. The van der Waals surface area contributed by atoms with Gasteiger partial charge < -0.3 is 4.74 Å². The standard InChI is InChI=1S/C14H13Cl3O3/c1-3-5-9(14(19)20-4-2)13(18)8-6-7-10(15)12(17)11(8)16/h5-7H,3-4H2,1-2H3. The van der Waals surface area contributed by atoms with E-state index in [0.717, 1.165) is 0 Å². The van der Waals surface area contributed by atoms with Crippen LogP contribution in [0.25, 0.3) is 0 Å². The van der Waals surface area contributed by atoms with Crippen molar-refractivity contribution in [2.45, 2.75) is 20.3 Å². The van der Waals surface area contributed by atoms with Gasteiger partial charge in [0.2, 0.25) is 5.78 Å². The van der Waals surface area contributed by atoms with Crippen LogP contribution in [0.15, 0.2) is 23.8 Å². The van der Waals surface area contributed by atoms with Gasteiger partial charge in [0.05, 0.1) is 21.7 Å². The van der Waals surface area contributed by atoms with E-state index < -0.39 is 11.8 Å². The molecule has 0 radical (unpaired) electrons. The number of benzene rings is 1. The number of carbonyl (C=O) groups excluding carboxylic acids is 2. The molecule has 0 saturated carbocycles. The number of Topliss-reactive ketones (excluding diaryl/α,β-unsaturated/α-hetero) is 1. The number of allylic oxidation sites excluding steroid dienone is 1. The first-order valence-corrected chi connectivity index (χ1v) is 7.12. The van der Waals surface area contributed by atoms with Crippen molar-refractivity contribution in [2.75, 3.05) is 6.61 Å². The number of esters is 1. The minimum absolute atomic E-state index is 0.0236. The smallest absolute Gasteiger partial charge is 0.341 e. The van der Waals surface area contributed by atoms with Gasteiger partial charge in [-0.1, -0.05) is 47.8 Å². The number of ether oxygens (including phenoxy) is 1. The van der Waals surface area contributed by atoms with E-state index in [4.69, 9.17) is 39.5 Å². The van der Waals surface area contributed by atoms with E-state index in [1.54, 1.807) is 6.92 Å². The molecule has 0 bridgehead atoms. The lowest BCUT2D eigenvalue weighted by molar-refractivity contribution is -0.138. The van der Waals surface area contributed by atoms with Gasteiger partial charge in [-0.3, -0.25) is 4.79 Å². The molecule has 0 atom stereocenters. The summed E-state index contributed by atoms with van der Waals surface area (Å²) in [5, 5.41) is 0.347. The highest BCUT2D eigenvalue weighted by Gasteiger charge is 2.24. The highest BCUT2D eigenvalue weighted by Crippen LogP contribution is 2.33. The summed E-state index contributed by atoms with van der Waals surface area (Å²) >= 11 is 17.7. The predicted octanol–water partition coefficient (Wildman–Crippen LogP) is 4.73. The summed E-state index contributed by atoms with van der Waals surface area (Å²) in [6.45, 7) is 3.66. The molecule has 0 heterocycles. The number of rotatable bonds is 5. The Balaban J connectivity index is 3.24. The summed E-state index contributed by atoms with van der Waals surface area (Å²) in [7, 11) is 0. The van der Waals surface area contributed by atoms with Crippen molar-refractivity contribution in [1.82, 2.24) is 0 Å². The largest absolute Gasteiger partial charge is 0.462 e. The third kappa shape index (κ3) is 3.75. The SMILES string of the molecule is CCC=C(C(=O)OCC)C(=O)c1ccc(Cl)c(Cl)c1Cl. The number of halogens is 3. The fourth-order valence-corrected chi connectivity index (χ4v) is 2.15. The molecule has 0 aliphatic carbocycles. The number of carbonyl (C=O) groups is 2. The first-order chi connectivity index (χ1) is 9.43. The molecule has 0 aliphatic rings. The summed E-state index contributed by atoms with van der Waals surface area (Å²) in [5.74, 6) is -1.21. The summed E-state index contributed by atoms with van der Waals surface area (Å²) in [6.07, 6.45) is 2.01. The molecule has 1 aromatic carbocycles. The molecule has 108 valence electrons. The second kappa shape index (κ2) is 7.67. The van der Waals surface area contributed by atoms with Crippen LogP contribution in [0.4, 0.5) is 0 Å². The van der Waals surface area contributed by atoms with Crippen LogP contribution in [-0.4, -0.2) is 18.4 Å². The second-order valence-corrected chi connectivity index (χ2v) is 4.96. The molecule has 1 rings (SSSR count). The maximum atomic E-state index is 12.4. The molecule has 0 N–H and O–H groups in total. The lowest BCUT2D eigenvalue weighted by atomic mass is 10.0. The fraction of sp³-hybridized carbons (Fsp3) is 0.286. The third-order valence-corrected chi connectivity index (χ3v) is 3.72. The molecule has 0 aliphatic heterocycles. The maximum Gasteiger partial charge on any atom is 0.341 e. The Kier molecular flexibility index (Phi) is 6.53. The van der Waals surface area contributed by atoms with Crippen molar-refractivity contribution < 1.29 is 14.3 Å². The highest BCUT2D eigenvalue weighted by atomic mass is 35.5. The Morgan fingerprint density at radius 1 is 1.15 bits per heavy atom. The average Bonchev–Trinajstić information content (AvgIpc) is 2.42. The van der Waals surface area contributed by atoms with Crippen molar-refractivity contribution in [2.24, 2.45) is 0 Å². The number of hydrogen-bond acceptors (Lipinski definition) is 3. The van der Waals surface area contributed by atoms with Gasteiger partial charge in [-0.15, -0.1) is 0 Å². The van der Waals surface area contributed by atoms with Crippen LogP contribution in [0.1, 0.15) is 30.6 Å². The molecule has 0 aromatic heterocycles. The second-order valence-electron chi connectivity index (χ2n) is 3.80. The minimum atomic E-state index is -0.679. The minimum Gasteiger partial charge on any atom is -0.462 e. The molecule has 0 saturated heterocycles. The summed E-state index contributed by atoms with van der Waals surface area (Å²) in [4.78, 5) is 24.2. The summed E-state index contributed by atoms with van der Waals surface area (Å²) in [6, 6.07) is 2.89. The van der Waals surface area contributed by atoms with Gasteiger partial charge >= 0.3 is 5.97 Å². The molecule has 1 aromatic rings. The van der Waals surface area contributed by atoms with E-state index in [1.165, 1.54) is 18.2 Å². The highest BCUT2D eigenvalue weighted by molar-refractivity contribution is 6.49. The van der Waals surface area contributed by atoms with Crippen molar-refractivity contribution in [1.29, 1.82) is 0 Å². The molecule has 6 heteroatoms. The van der Waals surface area contributed by atoms with Gasteiger partial charge in [-0.05, 0) is 25.5 Å². The van der Waals surface area contributed by atoms with Gasteiger partial charge in [0.25, 0.3) is 0 Å². The molecule has 0 amide bonds. The van der Waals surface area contributed by atoms with Crippen molar-refractivity contribution in [3.8, 4) is 0 Å². The zero-order valence-electron chi connectivity index (χ0n) is 11.0. The normalized spacial score (nSPS) is 11.3. The van der Waals surface area contributed by atoms with Gasteiger partial charge in [0, 0.05) is 5.56 Å². The first kappa shape index (κ1) is 17.0. The van der Waals surface area contributed by atoms with Crippen LogP contribution in [0.2, 0.25) is 15.1 Å². The van der Waals surface area contributed by atoms with Crippen LogP contribution in [0.5, 0.6) is 0 Å². The number of ketones is 1. The Hall–Kier alpha value is -1.03. The molecule has 20 heavy (non-hydrogen) atoms. The molecular formula is C14H13Cl3O3. The Labute approximate surface area is 132 Å². The molecule has 0 unspecified atom stereocenters. The quantitative estimate of drug-likeness (QED) is 0.195. The van der Waals surface area contributed by atoms with E-state index in [9.17, 15) is 9.59 Å².